The van der Waals surface area contributed by atoms with Gasteiger partial charge in [-0.15, -0.1) is 0 Å². The zero-order valence-corrected chi connectivity index (χ0v) is 30.6. The molecule has 0 saturated carbocycles. The lowest BCUT2D eigenvalue weighted by Gasteiger charge is -2.34. The molecule has 0 saturated heterocycles. The van der Waals surface area contributed by atoms with E-state index in [1.54, 1.807) is 43.3 Å². The predicted molar refractivity (Wildman–Crippen MR) is 197 cm³/mol. The molecule has 1 amide bonds. The van der Waals surface area contributed by atoms with Gasteiger partial charge in [0.15, 0.2) is 0 Å². The van der Waals surface area contributed by atoms with Gasteiger partial charge in [0.1, 0.15) is 30.7 Å². The summed E-state index contributed by atoms with van der Waals surface area (Å²) in [6, 6.07) is 6.46. The van der Waals surface area contributed by atoms with Crippen LogP contribution in [0.15, 0.2) is 42.2 Å². The summed E-state index contributed by atoms with van der Waals surface area (Å²) in [7, 11) is 5.37. The Morgan fingerprint density at radius 2 is 1.78 bits per heavy atom. The molecule has 1 N–H and O–H groups in total. The van der Waals surface area contributed by atoms with E-state index in [2.05, 4.69) is 10.4 Å². The molecule has 276 valence electrons. The molecule has 0 fully saturated rings. The largest absolute Gasteiger partial charge is 0.497 e. The number of aryl methyl sites for hydroxylation is 1. The van der Waals surface area contributed by atoms with Crippen LogP contribution in [0.1, 0.15) is 83.3 Å². The van der Waals surface area contributed by atoms with Gasteiger partial charge in [-0.05, 0) is 55.0 Å². The number of aldehydes is 2. The maximum absolute atomic E-state index is 14.7. The lowest BCUT2D eigenvalue weighted by Crippen LogP contribution is -2.39. The van der Waals surface area contributed by atoms with Gasteiger partial charge in [0.2, 0.25) is 5.91 Å². The van der Waals surface area contributed by atoms with Gasteiger partial charge >= 0.3 is 0 Å². The molecule has 2 aromatic carbocycles. The molecular formula is C39H51F2N5O5. The highest BCUT2D eigenvalue weighted by atomic mass is 19.3. The maximum Gasteiger partial charge on any atom is 0.264 e. The van der Waals surface area contributed by atoms with Crippen molar-refractivity contribution in [3.8, 4) is 22.6 Å². The first-order valence-corrected chi connectivity index (χ1v) is 17.6. The summed E-state index contributed by atoms with van der Waals surface area (Å²) in [6.07, 6.45) is 10.1. The minimum Gasteiger partial charge on any atom is -0.497 e. The molecule has 1 unspecified atom stereocenters. The molecule has 0 spiro atoms. The normalized spacial score (nSPS) is 13.5. The van der Waals surface area contributed by atoms with Gasteiger partial charge in [-0.25, -0.2) is 8.78 Å². The lowest BCUT2D eigenvalue weighted by molar-refractivity contribution is -0.124. The number of nitrogens with zero attached hydrogens (tertiary/aromatic N) is 4. The highest BCUT2D eigenvalue weighted by Gasteiger charge is 2.28. The van der Waals surface area contributed by atoms with Gasteiger partial charge < -0.3 is 29.4 Å². The smallest absolute Gasteiger partial charge is 0.264 e. The summed E-state index contributed by atoms with van der Waals surface area (Å²) in [4.78, 5) is 38.7. The Balaban J connectivity index is 1.45. The van der Waals surface area contributed by atoms with E-state index in [1.807, 2.05) is 49.9 Å². The Kier molecular flexibility index (Phi) is 14.2. The summed E-state index contributed by atoms with van der Waals surface area (Å²) >= 11 is 0. The number of aromatic nitrogens is 2. The van der Waals surface area contributed by atoms with Crippen LogP contribution in [0.3, 0.4) is 0 Å². The van der Waals surface area contributed by atoms with Crippen LogP contribution in [0.5, 0.6) is 11.5 Å². The summed E-state index contributed by atoms with van der Waals surface area (Å²) in [5.74, 6) is 1.06. The molecule has 1 atom stereocenters. The van der Waals surface area contributed by atoms with Gasteiger partial charge in [-0.3, -0.25) is 14.3 Å². The second-order valence-corrected chi connectivity index (χ2v) is 13.5. The van der Waals surface area contributed by atoms with Gasteiger partial charge in [0, 0.05) is 67.8 Å². The van der Waals surface area contributed by atoms with Crippen molar-refractivity contribution in [3.05, 3.63) is 53.4 Å². The molecular weight excluding hydrogens is 656 g/mol. The number of benzene rings is 2. The molecule has 51 heavy (non-hydrogen) atoms. The van der Waals surface area contributed by atoms with Gasteiger partial charge in [0.25, 0.3) is 6.43 Å². The van der Waals surface area contributed by atoms with Gasteiger partial charge in [0.05, 0.1) is 37.3 Å². The van der Waals surface area contributed by atoms with E-state index in [9.17, 15) is 23.2 Å². The molecule has 12 heteroatoms. The number of ether oxygens (including phenoxy) is 2. The van der Waals surface area contributed by atoms with Gasteiger partial charge in [-0.2, -0.15) is 5.10 Å². The Morgan fingerprint density at radius 3 is 2.43 bits per heavy atom. The van der Waals surface area contributed by atoms with Crippen molar-refractivity contribution >= 4 is 41.6 Å². The average Bonchev–Trinajstić information content (AvgIpc) is 3.59. The number of carbonyl (C=O) groups is 3. The fourth-order valence-electron chi connectivity index (χ4n) is 6.19. The van der Waals surface area contributed by atoms with Gasteiger partial charge in [-0.1, -0.05) is 39.5 Å². The molecule has 4 rings (SSSR count). The van der Waals surface area contributed by atoms with E-state index in [1.165, 1.54) is 6.07 Å². The molecule has 0 aliphatic carbocycles. The number of fused-ring (bicyclic) bond motifs is 1. The van der Waals surface area contributed by atoms with Crippen molar-refractivity contribution in [2.75, 3.05) is 44.2 Å². The highest BCUT2D eigenvalue weighted by molar-refractivity contribution is 5.91. The third-order valence-corrected chi connectivity index (χ3v) is 9.08. The van der Waals surface area contributed by atoms with Crippen molar-refractivity contribution in [1.29, 1.82) is 0 Å². The molecule has 3 aromatic rings. The number of alkyl halides is 2. The number of amides is 1. The quantitative estimate of drug-likeness (QED) is 0.0766. The third-order valence-electron chi connectivity index (χ3n) is 9.08. The van der Waals surface area contributed by atoms with Crippen LogP contribution >= 0.6 is 0 Å². The van der Waals surface area contributed by atoms with E-state index in [0.717, 1.165) is 62.3 Å². The zero-order valence-electron chi connectivity index (χ0n) is 30.6. The predicted octanol–water partition coefficient (Wildman–Crippen LogP) is 7.77. The lowest BCUT2D eigenvalue weighted by atomic mass is 9.98. The van der Waals surface area contributed by atoms with Crippen molar-refractivity contribution < 1.29 is 32.6 Å². The molecule has 1 aromatic heterocycles. The minimum atomic E-state index is -2.75. The van der Waals surface area contributed by atoms with Crippen LogP contribution in [-0.2, 0) is 20.9 Å². The van der Waals surface area contributed by atoms with Crippen molar-refractivity contribution in [2.24, 2.45) is 5.92 Å². The second kappa shape index (κ2) is 18.5. The first-order chi connectivity index (χ1) is 24.5. The van der Waals surface area contributed by atoms with Crippen molar-refractivity contribution in [3.63, 3.8) is 0 Å². The number of rotatable bonds is 19. The molecule has 0 bridgehead atoms. The van der Waals surface area contributed by atoms with Crippen molar-refractivity contribution in [1.82, 2.24) is 15.1 Å². The van der Waals surface area contributed by atoms with Crippen LogP contribution in [0.2, 0.25) is 0 Å². The Morgan fingerprint density at radius 1 is 1.06 bits per heavy atom. The fraction of sp³-hybridized carbons (Fsp3) is 0.487. The fourth-order valence-corrected chi connectivity index (χ4v) is 6.19. The van der Waals surface area contributed by atoms with Crippen LogP contribution in [0.4, 0.5) is 25.8 Å². The number of methoxy groups -OCH3 is 1. The number of nitrogens with one attached hydrogen (secondary N) is 1. The summed E-state index contributed by atoms with van der Waals surface area (Å²) < 4.78 is 42.9. The number of hydrogen-bond donors (Lipinski definition) is 1. The summed E-state index contributed by atoms with van der Waals surface area (Å²) in [5.41, 5.74) is 4.14. The second-order valence-electron chi connectivity index (χ2n) is 13.5. The zero-order chi connectivity index (χ0) is 37.1. The highest BCUT2D eigenvalue weighted by Crippen LogP contribution is 2.47. The van der Waals surface area contributed by atoms with E-state index in [0.29, 0.717) is 65.7 Å². The SMILES string of the molecule is COc1cc(N(C)C)c(/C=C(/C)C=O)c(N2CCOc3cc(-c4cnn(CCCCCCCCC(=O)NC(C=O)C(C)C)c4)c(C(F)F)cc32)c1. The summed E-state index contributed by atoms with van der Waals surface area (Å²) in [6.45, 7) is 6.92. The van der Waals surface area contributed by atoms with Crippen LogP contribution < -0.4 is 24.6 Å². The minimum absolute atomic E-state index is 0.0709. The van der Waals surface area contributed by atoms with Crippen molar-refractivity contribution in [2.45, 2.75) is 84.7 Å². The van der Waals surface area contributed by atoms with E-state index in [4.69, 9.17) is 9.47 Å². The Bertz CT molecular complexity index is 1690. The Labute approximate surface area is 299 Å². The molecule has 1 aliphatic rings. The number of halogens is 2. The van der Waals surface area contributed by atoms with E-state index < -0.39 is 12.5 Å². The van der Waals surface area contributed by atoms with Crippen LogP contribution in [-0.4, -0.2) is 68.7 Å². The summed E-state index contributed by atoms with van der Waals surface area (Å²) in [5, 5.41) is 7.24. The average molecular weight is 708 g/mol. The topological polar surface area (TPSA) is 106 Å². The first kappa shape index (κ1) is 39.1. The molecule has 10 nitrogen and oxygen atoms in total. The first-order valence-electron chi connectivity index (χ1n) is 17.6. The van der Waals surface area contributed by atoms with E-state index in [-0.39, 0.29) is 17.4 Å². The third kappa shape index (κ3) is 10.2. The van der Waals surface area contributed by atoms with E-state index >= 15 is 0 Å². The Hall–Kier alpha value is -4.74. The molecule has 2 heterocycles. The van der Waals surface area contributed by atoms with Crippen LogP contribution in [0, 0.1) is 5.92 Å². The number of unbranched alkanes of at least 4 members (excludes halogenated alkanes) is 5. The van der Waals surface area contributed by atoms with Crippen LogP contribution in [0.25, 0.3) is 17.2 Å². The number of hydrogen-bond acceptors (Lipinski definition) is 8. The molecule has 1 aliphatic heterocycles. The number of carbonyl (C=O) groups excluding carboxylic acids is 3. The monoisotopic (exact) mass is 707 g/mol. The maximum atomic E-state index is 14.7. The standard InChI is InChI=1S/C39H51F2N5O5/c1-26(2)33(25-48)43-38(49)13-11-9-7-8-10-12-14-45-23-28(22-42-45)30-21-37-36(20-31(30)39(40)41)46(15-16-51-37)35-19-29(50-6)18-34(44(4)5)32(35)17-27(3)24-47/h17-26,33,39H,7-16H2,1-6H3,(H,43,49)/b27-17-. The number of anilines is 3. The number of allylic oxidation sites excluding steroid dienone is 1. The molecule has 0 radical (unpaired) electrons.